The minimum atomic E-state index is 0.755. The van der Waals surface area contributed by atoms with Crippen LogP contribution in [0.25, 0.3) is 0 Å². The smallest absolute Gasteiger partial charge is 0.0117 e. The maximum Gasteiger partial charge on any atom is 0.0117 e. The Hall–Kier alpha value is -0.440. The number of hydrogen-bond acceptors (Lipinski definition) is 0. The van der Waals surface area contributed by atoms with Crippen LogP contribution in [0, 0.1) is 31.6 Å². The van der Waals surface area contributed by atoms with Gasteiger partial charge >= 0.3 is 0 Å². The van der Waals surface area contributed by atoms with Gasteiger partial charge in [-0.25, -0.2) is 0 Å². The molecule has 0 aromatic rings. The van der Waals surface area contributed by atoms with Gasteiger partial charge in [0, 0.05) is 12.8 Å². The lowest BCUT2D eigenvalue weighted by molar-refractivity contribution is 0.445. The fourth-order valence-corrected chi connectivity index (χ4v) is 2.60. The quantitative estimate of drug-likeness (QED) is 0.257. The van der Waals surface area contributed by atoms with Crippen molar-refractivity contribution in [3.05, 3.63) is 13.8 Å². The van der Waals surface area contributed by atoms with E-state index in [1.54, 1.807) is 0 Å². The number of rotatable bonds is 13. The maximum atomic E-state index is 3.89. The molecule has 0 N–H and O–H groups in total. The van der Waals surface area contributed by atoms with Gasteiger partial charge < -0.3 is 0 Å². The van der Waals surface area contributed by atoms with Crippen molar-refractivity contribution in [2.24, 2.45) is 5.92 Å². The van der Waals surface area contributed by atoms with Gasteiger partial charge in [-0.2, -0.15) is 0 Å². The van der Waals surface area contributed by atoms with Crippen molar-refractivity contribution in [2.75, 3.05) is 0 Å². The summed E-state index contributed by atoms with van der Waals surface area (Å²) in [4.78, 5) is 0. The monoisotopic (exact) mass is 276 g/mol. The van der Waals surface area contributed by atoms with Crippen molar-refractivity contribution in [1.82, 2.24) is 0 Å². The summed E-state index contributed by atoms with van der Waals surface area (Å²) in [7, 11) is 0. The highest BCUT2D eigenvalue weighted by molar-refractivity contribution is 5.00. The Kier molecular flexibility index (Phi) is 16.2. The van der Waals surface area contributed by atoms with Gasteiger partial charge in [-0.1, -0.05) is 84.5 Å². The van der Waals surface area contributed by atoms with Crippen molar-refractivity contribution < 1.29 is 0 Å². The van der Waals surface area contributed by atoms with Crippen LogP contribution in [-0.4, -0.2) is 0 Å². The van der Waals surface area contributed by atoms with E-state index in [1.807, 2.05) is 0 Å². The molecule has 0 saturated carbocycles. The average Bonchev–Trinajstić information content (AvgIpc) is 2.47. The molecule has 0 heteroatoms. The molecule has 0 fully saturated rings. The Balaban J connectivity index is 3.28. The van der Waals surface area contributed by atoms with E-state index in [9.17, 15) is 0 Å². The van der Waals surface area contributed by atoms with Crippen molar-refractivity contribution >= 4 is 0 Å². The summed E-state index contributed by atoms with van der Waals surface area (Å²) in [6, 6.07) is 0. The summed E-state index contributed by atoms with van der Waals surface area (Å²) in [6.45, 7) is 9.94. The van der Waals surface area contributed by atoms with E-state index in [-0.39, 0.29) is 0 Å². The van der Waals surface area contributed by atoms with Crippen LogP contribution in [0.4, 0.5) is 0 Å². The Morgan fingerprint density at radius 2 is 1.30 bits per heavy atom. The van der Waals surface area contributed by atoms with Crippen molar-refractivity contribution in [1.29, 1.82) is 0 Å². The predicted molar refractivity (Wildman–Crippen MR) is 92.3 cm³/mol. The van der Waals surface area contributed by atoms with Crippen LogP contribution in [0.15, 0.2) is 0 Å². The van der Waals surface area contributed by atoms with Crippen LogP contribution >= 0.6 is 0 Å². The summed E-state index contributed by atoms with van der Waals surface area (Å²) in [5.74, 6) is 7.16. The van der Waals surface area contributed by atoms with Gasteiger partial charge in [0.15, 0.2) is 0 Å². The van der Waals surface area contributed by atoms with E-state index < -0.39 is 0 Å². The second kappa shape index (κ2) is 16.6. The Morgan fingerprint density at radius 3 is 1.80 bits per heavy atom. The largest absolute Gasteiger partial charge is 0.103 e. The Bertz CT molecular complexity index is 230. The first-order valence-corrected chi connectivity index (χ1v) is 8.89. The van der Waals surface area contributed by atoms with Gasteiger partial charge in [0.1, 0.15) is 0 Å². The van der Waals surface area contributed by atoms with Gasteiger partial charge in [0.2, 0.25) is 0 Å². The third-order valence-electron chi connectivity index (χ3n) is 4.08. The lowest BCUT2D eigenvalue weighted by Gasteiger charge is -2.11. The van der Waals surface area contributed by atoms with Crippen LogP contribution in [0.2, 0.25) is 0 Å². The molecule has 0 spiro atoms. The van der Waals surface area contributed by atoms with Crippen LogP contribution in [0.5, 0.6) is 0 Å². The summed E-state index contributed by atoms with van der Waals surface area (Å²) in [5.41, 5.74) is 0. The third kappa shape index (κ3) is 14.0. The van der Waals surface area contributed by atoms with E-state index in [4.69, 9.17) is 0 Å². The molecule has 1 unspecified atom stereocenters. The SMILES string of the molecule is [CH2]CC#CCC(CC)CCCCCCCCCCC[CH2]. The zero-order valence-corrected chi connectivity index (χ0v) is 13.9. The Morgan fingerprint density at radius 1 is 0.750 bits per heavy atom. The fourth-order valence-electron chi connectivity index (χ4n) is 2.60. The summed E-state index contributed by atoms with van der Waals surface area (Å²) in [5, 5.41) is 0. The summed E-state index contributed by atoms with van der Waals surface area (Å²) < 4.78 is 0. The summed E-state index contributed by atoms with van der Waals surface area (Å²) in [6.07, 6.45) is 18.2. The molecular formula is C20H36. The van der Waals surface area contributed by atoms with Crippen LogP contribution in [0.1, 0.15) is 96.8 Å². The van der Waals surface area contributed by atoms with Crippen molar-refractivity contribution in [3.8, 4) is 11.8 Å². The van der Waals surface area contributed by atoms with Crippen molar-refractivity contribution in [3.63, 3.8) is 0 Å². The molecular weight excluding hydrogens is 240 g/mol. The van der Waals surface area contributed by atoms with E-state index in [1.165, 1.54) is 70.6 Å². The first-order valence-electron chi connectivity index (χ1n) is 8.89. The lowest BCUT2D eigenvalue weighted by atomic mass is 9.95. The van der Waals surface area contributed by atoms with Crippen LogP contribution in [-0.2, 0) is 0 Å². The van der Waals surface area contributed by atoms with E-state index in [2.05, 4.69) is 32.6 Å². The molecule has 0 nitrogen and oxygen atoms in total. The van der Waals surface area contributed by atoms with Crippen LogP contribution in [0.3, 0.4) is 0 Å². The first-order chi connectivity index (χ1) is 9.85. The average molecular weight is 277 g/mol. The molecule has 1 atom stereocenters. The maximum absolute atomic E-state index is 3.89. The molecule has 0 aromatic carbocycles. The molecule has 116 valence electrons. The Labute approximate surface area is 129 Å². The topological polar surface area (TPSA) is 0 Å². The molecule has 0 saturated heterocycles. The van der Waals surface area contributed by atoms with Gasteiger partial charge in [-0.3, -0.25) is 0 Å². The number of hydrogen-bond donors (Lipinski definition) is 0. The molecule has 0 rings (SSSR count). The van der Waals surface area contributed by atoms with Gasteiger partial charge in [-0.05, 0) is 19.3 Å². The zero-order chi connectivity index (χ0) is 14.9. The highest BCUT2D eigenvalue weighted by Gasteiger charge is 2.03. The van der Waals surface area contributed by atoms with E-state index in [0.717, 1.165) is 25.2 Å². The standard InChI is InChI=1S/C20H36/c1-4-7-9-10-11-12-13-14-15-17-19-20(6-3)18-16-8-5-2/h20H,1-2,4-7,9-15,17-19H2,3H3. The minimum Gasteiger partial charge on any atom is -0.103 e. The molecule has 0 aromatic heterocycles. The molecule has 0 aliphatic rings. The fraction of sp³-hybridized carbons (Fsp3) is 0.800. The lowest BCUT2D eigenvalue weighted by Crippen LogP contribution is -1.97. The summed E-state index contributed by atoms with van der Waals surface area (Å²) >= 11 is 0. The van der Waals surface area contributed by atoms with Crippen LogP contribution < -0.4 is 0 Å². The van der Waals surface area contributed by atoms with Gasteiger partial charge in [0.05, 0.1) is 0 Å². The molecule has 2 radical (unpaired) electrons. The van der Waals surface area contributed by atoms with E-state index >= 15 is 0 Å². The molecule has 0 amide bonds. The zero-order valence-electron chi connectivity index (χ0n) is 13.9. The third-order valence-corrected chi connectivity index (χ3v) is 4.08. The molecule has 0 bridgehead atoms. The molecule has 0 heterocycles. The second-order valence-electron chi connectivity index (χ2n) is 5.91. The minimum absolute atomic E-state index is 0.755. The molecule has 20 heavy (non-hydrogen) atoms. The van der Waals surface area contributed by atoms with Crippen molar-refractivity contribution in [2.45, 2.75) is 96.8 Å². The highest BCUT2D eigenvalue weighted by Crippen LogP contribution is 2.18. The van der Waals surface area contributed by atoms with Gasteiger partial charge in [-0.15, -0.1) is 11.8 Å². The predicted octanol–water partition coefficient (Wildman–Crippen LogP) is 6.76. The second-order valence-corrected chi connectivity index (χ2v) is 5.91. The molecule has 0 aliphatic heterocycles. The first kappa shape index (κ1) is 19.6. The highest BCUT2D eigenvalue weighted by atomic mass is 14.1. The normalized spacial score (nSPS) is 11.9. The van der Waals surface area contributed by atoms with Gasteiger partial charge in [0.25, 0.3) is 0 Å². The number of unbranched alkanes of at least 4 members (excludes halogenated alkanes) is 9. The van der Waals surface area contributed by atoms with E-state index in [0.29, 0.717) is 0 Å². The molecule has 0 aliphatic carbocycles.